The molecule has 1 saturated heterocycles. The van der Waals surface area contributed by atoms with Crippen molar-refractivity contribution in [2.75, 3.05) is 13.1 Å². The van der Waals surface area contributed by atoms with E-state index >= 15 is 0 Å². The number of carbonyl (C=O) groups is 1. The summed E-state index contributed by atoms with van der Waals surface area (Å²) in [7, 11) is 0. The average Bonchev–Trinajstić information content (AvgIpc) is 2.72. The number of hydrogen-bond acceptors (Lipinski definition) is 1. The van der Waals surface area contributed by atoms with Crippen molar-refractivity contribution in [1.82, 2.24) is 4.90 Å². The molecule has 1 aliphatic rings. The molecule has 92 valence electrons. The molecule has 1 aromatic rings. The molecule has 1 aliphatic heterocycles. The molecule has 2 rings (SSSR count). The third-order valence-corrected chi connectivity index (χ3v) is 4.34. The summed E-state index contributed by atoms with van der Waals surface area (Å²) in [4.78, 5) is 13.5. The first-order valence-corrected chi connectivity index (χ1v) is 6.59. The second kappa shape index (κ2) is 5.36. The zero-order chi connectivity index (χ0) is 12.4. The highest BCUT2D eigenvalue weighted by molar-refractivity contribution is 9.10. The lowest BCUT2D eigenvalue weighted by Crippen LogP contribution is -2.30. The summed E-state index contributed by atoms with van der Waals surface area (Å²) in [6.45, 7) is 0.731. The summed E-state index contributed by atoms with van der Waals surface area (Å²) < 4.78 is 13.7. The first-order valence-electron chi connectivity index (χ1n) is 5.42. The molecule has 17 heavy (non-hydrogen) atoms. The summed E-state index contributed by atoms with van der Waals surface area (Å²) in [6.07, 6.45) is -0.169. The molecule has 0 aliphatic carbocycles. The van der Waals surface area contributed by atoms with E-state index in [-0.39, 0.29) is 18.9 Å². The van der Waals surface area contributed by atoms with E-state index in [9.17, 15) is 9.18 Å². The van der Waals surface area contributed by atoms with Gasteiger partial charge in [-0.05, 0) is 34.0 Å². The Morgan fingerprint density at radius 1 is 1.59 bits per heavy atom. The molecule has 0 radical (unpaired) electrons. The Morgan fingerprint density at radius 3 is 3.00 bits per heavy atom. The van der Waals surface area contributed by atoms with Crippen LogP contribution in [0.15, 0.2) is 22.7 Å². The number of benzene rings is 1. The standard InChI is InChI=1S/C12H12BrClFNO/c13-12-8(2-1-3-10(12)14)6-11(17)16-5-4-9(15)7-16/h1-3,9H,4-7H2/t9-/m0/s1. The monoisotopic (exact) mass is 319 g/mol. The minimum absolute atomic E-state index is 0.0480. The quantitative estimate of drug-likeness (QED) is 0.819. The smallest absolute Gasteiger partial charge is 0.227 e. The fraction of sp³-hybridized carbons (Fsp3) is 0.417. The third kappa shape index (κ3) is 2.99. The van der Waals surface area contributed by atoms with Gasteiger partial charge >= 0.3 is 0 Å². The van der Waals surface area contributed by atoms with E-state index in [4.69, 9.17) is 11.6 Å². The van der Waals surface area contributed by atoms with Crippen molar-refractivity contribution in [3.8, 4) is 0 Å². The Kier molecular flexibility index (Phi) is 4.05. The highest BCUT2D eigenvalue weighted by atomic mass is 79.9. The topological polar surface area (TPSA) is 20.3 Å². The molecule has 0 bridgehead atoms. The van der Waals surface area contributed by atoms with E-state index in [0.29, 0.717) is 18.0 Å². The van der Waals surface area contributed by atoms with Crippen LogP contribution < -0.4 is 0 Å². The van der Waals surface area contributed by atoms with Crippen molar-refractivity contribution in [2.24, 2.45) is 0 Å². The highest BCUT2D eigenvalue weighted by Crippen LogP contribution is 2.27. The molecular weight excluding hydrogens is 308 g/mol. The van der Waals surface area contributed by atoms with Crippen molar-refractivity contribution < 1.29 is 9.18 Å². The molecule has 0 saturated carbocycles. The summed E-state index contributed by atoms with van der Waals surface area (Å²) in [6, 6.07) is 5.40. The number of nitrogens with zero attached hydrogens (tertiary/aromatic N) is 1. The van der Waals surface area contributed by atoms with Crippen molar-refractivity contribution in [3.63, 3.8) is 0 Å². The first-order chi connectivity index (χ1) is 8.08. The molecule has 1 aromatic carbocycles. The van der Waals surface area contributed by atoms with E-state index in [2.05, 4.69) is 15.9 Å². The predicted octanol–water partition coefficient (Wildman–Crippen LogP) is 3.22. The summed E-state index contributed by atoms with van der Waals surface area (Å²) >= 11 is 9.30. The van der Waals surface area contributed by atoms with Gasteiger partial charge in [0, 0.05) is 11.0 Å². The third-order valence-electron chi connectivity index (χ3n) is 2.86. The Morgan fingerprint density at radius 2 is 2.35 bits per heavy atom. The normalized spacial score (nSPS) is 19.7. The number of likely N-dealkylation sites (tertiary alicyclic amines) is 1. The van der Waals surface area contributed by atoms with Crippen molar-refractivity contribution in [2.45, 2.75) is 19.0 Å². The van der Waals surface area contributed by atoms with Gasteiger partial charge in [-0.1, -0.05) is 23.7 Å². The molecule has 1 fully saturated rings. The van der Waals surface area contributed by atoms with Gasteiger partial charge in [0.15, 0.2) is 0 Å². The maximum atomic E-state index is 13.0. The molecular formula is C12H12BrClFNO. The molecule has 0 N–H and O–H groups in total. The molecule has 5 heteroatoms. The van der Waals surface area contributed by atoms with Gasteiger partial charge in [-0.15, -0.1) is 0 Å². The van der Waals surface area contributed by atoms with Crippen LogP contribution in [0.2, 0.25) is 5.02 Å². The van der Waals surface area contributed by atoms with Gasteiger partial charge in [-0.25, -0.2) is 4.39 Å². The fourth-order valence-electron chi connectivity index (χ4n) is 1.90. The fourth-order valence-corrected chi connectivity index (χ4v) is 2.50. The van der Waals surface area contributed by atoms with Gasteiger partial charge in [0.05, 0.1) is 18.0 Å². The highest BCUT2D eigenvalue weighted by Gasteiger charge is 2.26. The second-order valence-electron chi connectivity index (χ2n) is 4.12. The van der Waals surface area contributed by atoms with Gasteiger partial charge in [-0.3, -0.25) is 4.79 Å². The van der Waals surface area contributed by atoms with Gasteiger partial charge in [0.25, 0.3) is 0 Å². The van der Waals surface area contributed by atoms with E-state index in [1.807, 2.05) is 6.07 Å². The summed E-state index contributed by atoms with van der Waals surface area (Å²) in [5, 5.41) is 0.583. The molecule has 1 amide bonds. The van der Waals surface area contributed by atoms with Crippen molar-refractivity contribution in [1.29, 1.82) is 0 Å². The van der Waals surface area contributed by atoms with Crippen LogP contribution >= 0.6 is 27.5 Å². The lowest BCUT2D eigenvalue weighted by atomic mass is 10.1. The van der Waals surface area contributed by atoms with E-state index in [0.717, 1.165) is 10.0 Å². The van der Waals surface area contributed by atoms with Gasteiger partial charge in [0.2, 0.25) is 5.91 Å². The Balaban J connectivity index is 2.06. The minimum atomic E-state index is -0.873. The second-order valence-corrected chi connectivity index (χ2v) is 5.32. The van der Waals surface area contributed by atoms with Crippen LogP contribution in [-0.2, 0) is 11.2 Å². The van der Waals surface area contributed by atoms with Crippen LogP contribution in [-0.4, -0.2) is 30.1 Å². The van der Waals surface area contributed by atoms with Crippen molar-refractivity contribution in [3.05, 3.63) is 33.3 Å². The van der Waals surface area contributed by atoms with Gasteiger partial charge < -0.3 is 4.90 Å². The number of amides is 1. The number of hydrogen-bond donors (Lipinski definition) is 0. The number of halogens is 3. The molecule has 1 atom stereocenters. The molecule has 1 heterocycles. The van der Waals surface area contributed by atoms with Crippen LogP contribution in [0.25, 0.3) is 0 Å². The maximum absolute atomic E-state index is 13.0. The Bertz CT molecular complexity index is 441. The van der Waals surface area contributed by atoms with Crippen LogP contribution in [0.3, 0.4) is 0 Å². The summed E-state index contributed by atoms with van der Waals surface area (Å²) in [5.74, 6) is -0.0480. The molecule has 2 nitrogen and oxygen atoms in total. The Hall–Kier alpha value is -0.610. The minimum Gasteiger partial charge on any atom is -0.339 e. The van der Waals surface area contributed by atoms with E-state index < -0.39 is 6.17 Å². The van der Waals surface area contributed by atoms with Crippen LogP contribution in [0, 0.1) is 0 Å². The zero-order valence-corrected chi connectivity index (χ0v) is 11.5. The molecule has 0 spiro atoms. The van der Waals surface area contributed by atoms with E-state index in [1.165, 1.54) is 0 Å². The lowest BCUT2D eigenvalue weighted by Gasteiger charge is -2.15. The van der Waals surface area contributed by atoms with Crippen LogP contribution in [0.1, 0.15) is 12.0 Å². The van der Waals surface area contributed by atoms with E-state index in [1.54, 1.807) is 17.0 Å². The Labute approximate surface area is 113 Å². The number of carbonyl (C=O) groups excluding carboxylic acids is 1. The lowest BCUT2D eigenvalue weighted by molar-refractivity contribution is -0.129. The molecule has 0 unspecified atom stereocenters. The predicted molar refractivity (Wildman–Crippen MR) is 68.9 cm³/mol. The van der Waals surface area contributed by atoms with Crippen molar-refractivity contribution >= 4 is 33.4 Å². The van der Waals surface area contributed by atoms with Gasteiger partial charge in [-0.2, -0.15) is 0 Å². The first kappa shape index (κ1) is 12.8. The number of alkyl halides is 1. The van der Waals surface area contributed by atoms with Gasteiger partial charge in [0.1, 0.15) is 6.17 Å². The summed E-state index contributed by atoms with van der Waals surface area (Å²) in [5.41, 5.74) is 0.838. The van der Waals surface area contributed by atoms with Crippen LogP contribution in [0.5, 0.6) is 0 Å². The SMILES string of the molecule is O=C(Cc1cccc(Cl)c1Br)N1CC[C@H](F)C1. The molecule has 0 aromatic heterocycles. The maximum Gasteiger partial charge on any atom is 0.227 e. The average molecular weight is 321 g/mol. The van der Waals surface area contributed by atoms with Crippen LogP contribution in [0.4, 0.5) is 4.39 Å². The number of rotatable bonds is 2. The zero-order valence-electron chi connectivity index (χ0n) is 9.13. The largest absolute Gasteiger partial charge is 0.339 e.